The third-order valence-electron chi connectivity index (χ3n) is 5.88. The number of H-pyrrole nitrogens is 1. The van der Waals surface area contributed by atoms with Gasteiger partial charge in [-0.15, -0.1) is 0 Å². The molecule has 1 atom stereocenters. The van der Waals surface area contributed by atoms with Gasteiger partial charge < -0.3 is 15.5 Å². The molecular formula is C27H23FN4O2. The molecule has 0 aliphatic rings. The van der Waals surface area contributed by atoms with Crippen LogP contribution in [0.4, 0.5) is 10.1 Å². The van der Waals surface area contributed by atoms with Crippen LogP contribution >= 0.6 is 0 Å². The molecule has 0 radical (unpaired) electrons. The van der Waals surface area contributed by atoms with Crippen LogP contribution in [-0.4, -0.2) is 32.0 Å². The van der Waals surface area contributed by atoms with Crippen molar-refractivity contribution < 1.29 is 14.6 Å². The highest BCUT2D eigenvalue weighted by Gasteiger charge is 2.17. The molecule has 0 saturated carbocycles. The van der Waals surface area contributed by atoms with E-state index >= 15 is 0 Å². The van der Waals surface area contributed by atoms with Crippen LogP contribution < -0.4 is 5.32 Å². The molecule has 3 aromatic carbocycles. The first-order valence-electron chi connectivity index (χ1n) is 10.9. The van der Waals surface area contributed by atoms with Crippen LogP contribution in [0.3, 0.4) is 0 Å². The number of nitrogens with zero attached hydrogens (tertiary/aromatic N) is 2. The summed E-state index contributed by atoms with van der Waals surface area (Å²) in [6.45, 7) is 1.85. The van der Waals surface area contributed by atoms with E-state index in [1.807, 2.05) is 61.5 Å². The summed E-state index contributed by atoms with van der Waals surface area (Å²) in [6.07, 6.45) is 1.65. The number of benzene rings is 3. The van der Waals surface area contributed by atoms with Crippen molar-refractivity contribution in [2.24, 2.45) is 0 Å². The number of aromatic amines is 1. The summed E-state index contributed by atoms with van der Waals surface area (Å²) in [5, 5.41) is 32.1. The summed E-state index contributed by atoms with van der Waals surface area (Å²) in [4.78, 5) is 4.64. The Balaban J connectivity index is 1.64. The van der Waals surface area contributed by atoms with E-state index in [4.69, 9.17) is 0 Å². The number of phenols is 1. The Morgan fingerprint density at radius 1 is 1.00 bits per heavy atom. The first-order chi connectivity index (χ1) is 16.5. The zero-order chi connectivity index (χ0) is 23.7. The zero-order valence-corrected chi connectivity index (χ0v) is 18.5. The van der Waals surface area contributed by atoms with Gasteiger partial charge in [0.2, 0.25) is 0 Å². The van der Waals surface area contributed by atoms with Crippen LogP contribution in [0.25, 0.3) is 33.3 Å². The molecule has 0 aliphatic heterocycles. The van der Waals surface area contributed by atoms with E-state index < -0.39 is 5.82 Å². The molecule has 7 heteroatoms. The van der Waals surface area contributed by atoms with Crippen molar-refractivity contribution >= 4 is 16.6 Å². The topological polar surface area (TPSA) is 94.1 Å². The maximum atomic E-state index is 13.7. The molecule has 0 aliphatic carbocycles. The molecule has 0 fully saturated rings. The molecule has 2 heterocycles. The number of phenolic OH excluding ortho intramolecular Hbond substituents is 1. The smallest absolute Gasteiger partial charge is 0.127 e. The van der Waals surface area contributed by atoms with Crippen molar-refractivity contribution in [1.82, 2.24) is 15.2 Å². The Morgan fingerprint density at radius 3 is 2.59 bits per heavy atom. The van der Waals surface area contributed by atoms with Gasteiger partial charge in [0.05, 0.1) is 35.7 Å². The highest BCUT2D eigenvalue weighted by molar-refractivity contribution is 5.91. The van der Waals surface area contributed by atoms with E-state index in [2.05, 4.69) is 20.5 Å². The Morgan fingerprint density at radius 2 is 1.82 bits per heavy atom. The molecular weight excluding hydrogens is 431 g/mol. The van der Waals surface area contributed by atoms with E-state index in [0.29, 0.717) is 16.9 Å². The van der Waals surface area contributed by atoms with Crippen LogP contribution in [0, 0.1) is 12.7 Å². The average Bonchev–Trinajstić information content (AvgIpc) is 3.23. The number of fused-ring (bicyclic) bond motifs is 1. The molecule has 0 saturated heterocycles. The van der Waals surface area contributed by atoms with E-state index in [9.17, 15) is 14.6 Å². The van der Waals surface area contributed by atoms with Gasteiger partial charge >= 0.3 is 0 Å². The standard InChI is InChI=1S/C27H23FN4O2/c1-16-22-11-18(7-10-24(22)32-31-16)23-13-20(30-25(15-33)17-5-3-2-4-6-17)14-29-27(23)21-9-8-19(28)12-26(21)34/h2-14,25,30,33-34H,15H2,1H3,(H,31,32). The van der Waals surface area contributed by atoms with Gasteiger partial charge in [-0.3, -0.25) is 10.1 Å². The van der Waals surface area contributed by atoms with Crippen molar-refractivity contribution in [1.29, 1.82) is 0 Å². The SMILES string of the molecule is Cc1[nH]nc2ccc(-c3cc(NC(CO)c4ccccc4)cnc3-c3ccc(F)cc3O)cc12. The lowest BCUT2D eigenvalue weighted by molar-refractivity contribution is 0.276. The molecule has 0 spiro atoms. The van der Waals surface area contributed by atoms with Gasteiger partial charge in [-0.25, -0.2) is 4.39 Å². The molecule has 34 heavy (non-hydrogen) atoms. The second kappa shape index (κ2) is 8.96. The van der Waals surface area contributed by atoms with Crippen LogP contribution in [0.15, 0.2) is 79.0 Å². The number of aryl methyl sites for hydroxylation is 1. The van der Waals surface area contributed by atoms with Gasteiger partial charge in [0.15, 0.2) is 0 Å². The average molecular weight is 455 g/mol. The molecule has 0 bridgehead atoms. The Kier molecular flexibility index (Phi) is 5.69. The van der Waals surface area contributed by atoms with Crippen molar-refractivity contribution in [2.75, 3.05) is 11.9 Å². The Labute approximate surface area is 195 Å². The third-order valence-corrected chi connectivity index (χ3v) is 5.88. The highest BCUT2D eigenvalue weighted by Crippen LogP contribution is 2.38. The maximum absolute atomic E-state index is 13.7. The largest absolute Gasteiger partial charge is 0.507 e. The Hall–Kier alpha value is -4.23. The van der Waals surface area contributed by atoms with E-state index in [-0.39, 0.29) is 18.4 Å². The highest BCUT2D eigenvalue weighted by atomic mass is 19.1. The molecule has 6 nitrogen and oxygen atoms in total. The van der Waals surface area contributed by atoms with Crippen molar-refractivity contribution in [2.45, 2.75) is 13.0 Å². The molecule has 4 N–H and O–H groups in total. The first-order valence-corrected chi connectivity index (χ1v) is 10.9. The predicted molar refractivity (Wildman–Crippen MR) is 131 cm³/mol. The number of aromatic nitrogens is 3. The Bertz CT molecular complexity index is 1470. The number of aromatic hydroxyl groups is 1. The molecule has 170 valence electrons. The molecule has 5 aromatic rings. The fourth-order valence-electron chi connectivity index (χ4n) is 4.11. The van der Waals surface area contributed by atoms with Crippen molar-refractivity contribution in [3.63, 3.8) is 0 Å². The predicted octanol–water partition coefficient (Wildman–Crippen LogP) is 5.59. The van der Waals surface area contributed by atoms with Gasteiger partial charge in [-0.2, -0.15) is 5.10 Å². The normalized spacial score (nSPS) is 12.1. The molecule has 5 rings (SSSR count). The van der Waals surface area contributed by atoms with Gasteiger partial charge in [0.25, 0.3) is 0 Å². The van der Waals surface area contributed by atoms with E-state index in [0.717, 1.165) is 39.4 Å². The lowest BCUT2D eigenvalue weighted by atomic mass is 9.96. The maximum Gasteiger partial charge on any atom is 0.127 e. The monoisotopic (exact) mass is 454 g/mol. The minimum atomic E-state index is -0.523. The molecule has 1 unspecified atom stereocenters. The number of hydrogen-bond acceptors (Lipinski definition) is 5. The summed E-state index contributed by atoms with van der Waals surface area (Å²) in [5.41, 5.74) is 5.99. The van der Waals surface area contributed by atoms with E-state index in [1.165, 1.54) is 12.1 Å². The van der Waals surface area contributed by atoms with Crippen molar-refractivity contribution in [3.05, 3.63) is 96.1 Å². The van der Waals surface area contributed by atoms with Gasteiger partial charge in [-0.1, -0.05) is 36.4 Å². The minimum Gasteiger partial charge on any atom is -0.507 e. The van der Waals surface area contributed by atoms with Crippen LogP contribution in [0.5, 0.6) is 5.75 Å². The number of nitrogens with one attached hydrogen (secondary N) is 2. The second-order valence-electron chi connectivity index (χ2n) is 8.15. The van der Waals surface area contributed by atoms with Crippen LogP contribution in [0.2, 0.25) is 0 Å². The summed E-state index contributed by atoms with van der Waals surface area (Å²) >= 11 is 0. The zero-order valence-electron chi connectivity index (χ0n) is 18.5. The lowest BCUT2D eigenvalue weighted by Gasteiger charge is -2.20. The summed E-state index contributed by atoms with van der Waals surface area (Å²) in [6, 6.07) is 21.0. The van der Waals surface area contributed by atoms with E-state index in [1.54, 1.807) is 6.20 Å². The lowest BCUT2D eigenvalue weighted by Crippen LogP contribution is -2.15. The number of halogens is 1. The van der Waals surface area contributed by atoms with Gasteiger partial charge in [0, 0.05) is 28.3 Å². The van der Waals surface area contributed by atoms with Crippen molar-refractivity contribution in [3.8, 4) is 28.1 Å². The number of pyridine rings is 1. The quantitative estimate of drug-likeness (QED) is 0.268. The number of aliphatic hydroxyl groups excluding tert-OH is 1. The summed E-state index contributed by atoms with van der Waals surface area (Å²) in [7, 11) is 0. The summed E-state index contributed by atoms with van der Waals surface area (Å²) < 4.78 is 13.7. The van der Waals surface area contributed by atoms with Gasteiger partial charge in [0.1, 0.15) is 11.6 Å². The number of rotatable bonds is 6. The minimum absolute atomic E-state index is 0.0972. The number of aliphatic hydroxyl groups is 1. The van der Waals surface area contributed by atoms with Gasteiger partial charge in [-0.05, 0) is 48.4 Å². The van der Waals surface area contributed by atoms with Crippen LogP contribution in [0.1, 0.15) is 17.3 Å². The third kappa shape index (κ3) is 4.09. The molecule has 2 aromatic heterocycles. The summed E-state index contributed by atoms with van der Waals surface area (Å²) in [5.74, 6) is -0.710. The second-order valence-corrected chi connectivity index (χ2v) is 8.15. The number of anilines is 1. The molecule has 0 amide bonds. The van der Waals surface area contributed by atoms with Crippen LogP contribution in [-0.2, 0) is 0 Å². The fraction of sp³-hybridized carbons (Fsp3) is 0.111. The number of hydrogen-bond donors (Lipinski definition) is 4. The fourth-order valence-corrected chi connectivity index (χ4v) is 4.11. The first kappa shape index (κ1) is 21.6.